The van der Waals surface area contributed by atoms with Gasteiger partial charge in [0.05, 0.1) is 19.8 Å². The Morgan fingerprint density at radius 3 is 2.36 bits per heavy atom. The fourth-order valence-electron chi connectivity index (χ4n) is 2.59. The third-order valence-electron chi connectivity index (χ3n) is 4.04. The Balaban J connectivity index is 1.67. The van der Waals surface area contributed by atoms with Crippen molar-refractivity contribution in [2.24, 2.45) is 0 Å². The molecule has 28 heavy (non-hydrogen) atoms. The highest BCUT2D eigenvalue weighted by molar-refractivity contribution is 5.89. The van der Waals surface area contributed by atoms with Crippen LogP contribution in [0, 0.1) is 6.92 Å². The number of rotatable bonds is 7. The molecule has 0 unspecified atom stereocenters. The van der Waals surface area contributed by atoms with Gasteiger partial charge in [0.15, 0.2) is 0 Å². The minimum atomic E-state index is -0.366. The maximum absolute atomic E-state index is 11.5. The highest BCUT2D eigenvalue weighted by atomic mass is 16.5. The van der Waals surface area contributed by atoms with Gasteiger partial charge in [-0.1, -0.05) is 12.1 Å². The third-order valence-corrected chi connectivity index (χ3v) is 4.04. The van der Waals surface area contributed by atoms with Gasteiger partial charge in [-0.2, -0.15) is 4.98 Å². The van der Waals surface area contributed by atoms with E-state index in [0.717, 1.165) is 22.7 Å². The normalized spacial score (nSPS) is 10.2. The van der Waals surface area contributed by atoms with Gasteiger partial charge < -0.3 is 20.1 Å². The molecule has 144 valence electrons. The first-order valence-electron chi connectivity index (χ1n) is 8.75. The molecule has 0 aliphatic heterocycles. The Labute approximate surface area is 163 Å². The van der Waals surface area contributed by atoms with Crippen LogP contribution in [0.1, 0.15) is 21.6 Å². The van der Waals surface area contributed by atoms with E-state index in [4.69, 9.17) is 9.47 Å². The Hall–Kier alpha value is -3.61. The van der Waals surface area contributed by atoms with Crippen LogP contribution in [-0.2, 0) is 11.3 Å². The molecular formula is C21H22N4O3. The maximum atomic E-state index is 11.5. The van der Waals surface area contributed by atoms with Crippen LogP contribution in [0.4, 0.5) is 17.5 Å². The predicted molar refractivity (Wildman–Crippen MR) is 108 cm³/mol. The van der Waals surface area contributed by atoms with Crippen LogP contribution in [0.2, 0.25) is 0 Å². The molecule has 1 aromatic heterocycles. The Morgan fingerprint density at radius 2 is 1.71 bits per heavy atom. The van der Waals surface area contributed by atoms with E-state index in [1.54, 1.807) is 31.4 Å². The summed E-state index contributed by atoms with van der Waals surface area (Å²) in [6.45, 7) is 2.51. The van der Waals surface area contributed by atoms with Crippen LogP contribution >= 0.6 is 0 Å². The van der Waals surface area contributed by atoms with Gasteiger partial charge in [-0.3, -0.25) is 0 Å². The van der Waals surface area contributed by atoms with Crippen molar-refractivity contribution in [2.45, 2.75) is 13.5 Å². The lowest BCUT2D eigenvalue weighted by Crippen LogP contribution is -2.06. The monoisotopic (exact) mass is 378 g/mol. The molecular weight excluding hydrogens is 356 g/mol. The molecule has 0 spiro atoms. The second-order valence-corrected chi connectivity index (χ2v) is 6.11. The Kier molecular flexibility index (Phi) is 6.06. The van der Waals surface area contributed by atoms with Crippen molar-refractivity contribution in [3.05, 3.63) is 71.4 Å². The zero-order valence-electron chi connectivity index (χ0n) is 16.0. The minimum Gasteiger partial charge on any atom is -0.497 e. The van der Waals surface area contributed by atoms with Crippen LogP contribution < -0.4 is 15.4 Å². The van der Waals surface area contributed by atoms with E-state index in [2.05, 4.69) is 20.6 Å². The van der Waals surface area contributed by atoms with Crippen molar-refractivity contribution in [1.29, 1.82) is 0 Å². The van der Waals surface area contributed by atoms with Crippen molar-refractivity contribution in [1.82, 2.24) is 9.97 Å². The number of esters is 1. The minimum absolute atomic E-state index is 0.366. The number of hydrogen-bond donors (Lipinski definition) is 2. The summed E-state index contributed by atoms with van der Waals surface area (Å²) in [6.07, 6.45) is 0. The topological polar surface area (TPSA) is 85.4 Å². The molecule has 0 saturated heterocycles. The van der Waals surface area contributed by atoms with Gasteiger partial charge in [0.25, 0.3) is 0 Å². The largest absolute Gasteiger partial charge is 0.497 e. The summed E-state index contributed by atoms with van der Waals surface area (Å²) < 4.78 is 9.87. The van der Waals surface area contributed by atoms with Crippen LogP contribution in [0.15, 0.2) is 54.6 Å². The molecule has 0 bridgehead atoms. The number of aryl methyl sites for hydroxylation is 1. The number of nitrogens with zero attached hydrogens (tertiary/aromatic N) is 2. The first kappa shape index (κ1) is 19.2. The summed E-state index contributed by atoms with van der Waals surface area (Å²) in [5, 5.41) is 6.46. The highest BCUT2D eigenvalue weighted by Crippen LogP contribution is 2.18. The van der Waals surface area contributed by atoms with Crippen molar-refractivity contribution in [2.75, 3.05) is 24.9 Å². The van der Waals surface area contributed by atoms with E-state index in [1.165, 1.54) is 7.11 Å². The van der Waals surface area contributed by atoms with Crippen molar-refractivity contribution < 1.29 is 14.3 Å². The molecule has 7 nitrogen and oxygen atoms in total. The average Bonchev–Trinajstić information content (AvgIpc) is 2.72. The molecule has 0 fully saturated rings. The number of nitrogens with one attached hydrogen (secondary N) is 2. The average molecular weight is 378 g/mol. The van der Waals surface area contributed by atoms with E-state index in [9.17, 15) is 4.79 Å². The van der Waals surface area contributed by atoms with E-state index in [-0.39, 0.29) is 5.97 Å². The summed E-state index contributed by atoms with van der Waals surface area (Å²) in [7, 11) is 3.00. The molecule has 7 heteroatoms. The highest BCUT2D eigenvalue weighted by Gasteiger charge is 2.06. The van der Waals surface area contributed by atoms with Crippen LogP contribution in [0.25, 0.3) is 0 Å². The van der Waals surface area contributed by atoms with Gasteiger partial charge in [-0.15, -0.1) is 0 Å². The molecule has 2 N–H and O–H groups in total. The lowest BCUT2D eigenvalue weighted by molar-refractivity contribution is 0.0601. The van der Waals surface area contributed by atoms with Crippen molar-refractivity contribution >= 4 is 23.4 Å². The van der Waals surface area contributed by atoms with E-state index < -0.39 is 0 Å². The fourth-order valence-corrected chi connectivity index (χ4v) is 2.59. The third kappa shape index (κ3) is 4.97. The standard InChI is InChI=1S/C21H22N4O3/c1-14-12-19(24-17-8-6-16(7-9-17)20(26)28-3)25-21(23-14)22-13-15-4-10-18(27-2)11-5-15/h4-12H,13H2,1-3H3,(H2,22,23,24,25). The second kappa shape index (κ2) is 8.85. The zero-order chi connectivity index (χ0) is 19.9. The van der Waals surface area contributed by atoms with E-state index in [0.29, 0.717) is 23.9 Å². The lowest BCUT2D eigenvalue weighted by atomic mass is 10.2. The van der Waals surface area contributed by atoms with Crippen LogP contribution in [0.5, 0.6) is 5.75 Å². The summed E-state index contributed by atoms with van der Waals surface area (Å²) >= 11 is 0. The molecule has 1 heterocycles. The molecule has 0 aliphatic rings. The van der Waals surface area contributed by atoms with Crippen LogP contribution in [-0.4, -0.2) is 30.2 Å². The number of carbonyl (C=O) groups excluding carboxylic acids is 1. The second-order valence-electron chi connectivity index (χ2n) is 6.11. The maximum Gasteiger partial charge on any atom is 0.337 e. The summed E-state index contributed by atoms with van der Waals surface area (Å²) in [6, 6.07) is 16.7. The molecule has 2 aromatic carbocycles. The SMILES string of the molecule is COC(=O)c1ccc(Nc2cc(C)nc(NCc3ccc(OC)cc3)n2)cc1. The molecule has 0 aliphatic carbocycles. The molecule has 0 atom stereocenters. The van der Waals surface area contributed by atoms with E-state index in [1.807, 2.05) is 37.3 Å². The number of methoxy groups -OCH3 is 2. The van der Waals surface area contributed by atoms with Crippen LogP contribution in [0.3, 0.4) is 0 Å². The number of hydrogen-bond acceptors (Lipinski definition) is 7. The number of anilines is 3. The lowest BCUT2D eigenvalue weighted by Gasteiger charge is -2.11. The molecule has 0 saturated carbocycles. The first-order valence-corrected chi connectivity index (χ1v) is 8.75. The van der Waals surface area contributed by atoms with Crippen molar-refractivity contribution in [3.63, 3.8) is 0 Å². The van der Waals surface area contributed by atoms with Gasteiger partial charge in [-0.05, 0) is 48.9 Å². The molecule has 3 aromatic rings. The predicted octanol–water partition coefficient (Wildman–Crippen LogP) is 3.94. The Morgan fingerprint density at radius 1 is 1.00 bits per heavy atom. The Bertz CT molecular complexity index is 941. The first-order chi connectivity index (χ1) is 13.6. The number of aromatic nitrogens is 2. The summed E-state index contributed by atoms with van der Waals surface area (Å²) in [5.74, 6) is 1.65. The summed E-state index contributed by atoms with van der Waals surface area (Å²) in [4.78, 5) is 20.4. The van der Waals surface area contributed by atoms with Gasteiger partial charge in [0.2, 0.25) is 5.95 Å². The molecule has 3 rings (SSSR count). The van der Waals surface area contributed by atoms with Gasteiger partial charge >= 0.3 is 5.97 Å². The zero-order valence-corrected chi connectivity index (χ0v) is 16.0. The number of carbonyl (C=O) groups is 1. The summed E-state index contributed by atoms with van der Waals surface area (Å²) in [5.41, 5.74) is 3.24. The quantitative estimate of drug-likeness (QED) is 0.602. The van der Waals surface area contributed by atoms with Gasteiger partial charge in [0, 0.05) is 24.0 Å². The van der Waals surface area contributed by atoms with E-state index >= 15 is 0 Å². The van der Waals surface area contributed by atoms with Gasteiger partial charge in [-0.25, -0.2) is 9.78 Å². The number of benzene rings is 2. The number of ether oxygens (including phenoxy) is 2. The van der Waals surface area contributed by atoms with Crippen molar-refractivity contribution in [3.8, 4) is 5.75 Å². The fraction of sp³-hybridized carbons (Fsp3) is 0.190. The molecule has 0 amide bonds. The molecule has 0 radical (unpaired) electrons. The van der Waals surface area contributed by atoms with Gasteiger partial charge in [0.1, 0.15) is 11.6 Å². The smallest absolute Gasteiger partial charge is 0.337 e.